The van der Waals surface area contributed by atoms with Crippen LogP contribution in [0.1, 0.15) is 32.3 Å². The lowest BCUT2D eigenvalue weighted by Gasteiger charge is -2.17. The zero-order valence-electron chi connectivity index (χ0n) is 9.45. The molecule has 1 aromatic heterocycles. The summed E-state index contributed by atoms with van der Waals surface area (Å²) in [6, 6.07) is 0. The highest BCUT2D eigenvalue weighted by Crippen LogP contribution is 2.25. The van der Waals surface area contributed by atoms with Crippen LogP contribution in [0.5, 0.6) is 0 Å². The molecule has 0 N–H and O–H groups in total. The van der Waals surface area contributed by atoms with Gasteiger partial charge in [-0.1, -0.05) is 45.7 Å². The Morgan fingerprint density at radius 3 is 2.47 bits per heavy atom. The van der Waals surface area contributed by atoms with Crippen molar-refractivity contribution in [2.24, 2.45) is 0 Å². The summed E-state index contributed by atoms with van der Waals surface area (Å²) in [6.07, 6.45) is 3.58. The molecule has 0 saturated heterocycles. The lowest BCUT2D eigenvalue weighted by molar-refractivity contribution is 0.542. The van der Waals surface area contributed by atoms with Crippen molar-refractivity contribution < 1.29 is 0 Å². The van der Waals surface area contributed by atoms with Crippen LogP contribution in [0.25, 0.3) is 6.08 Å². The van der Waals surface area contributed by atoms with Gasteiger partial charge in [-0.25, -0.2) is 9.97 Å². The summed E-state index contributed by atoms with van der Waals surface area (Å²) >= 11 is 1.51. The second-order valence-corrected chi connectivity index (χ2v) is 5.19. The molecule has 2 nitrogen and oxygen atoms in total. The highest BCUT2D eigenvalue weighted by atomic mass is 32.2. The zero-order valence-corrected chi connectivity index (χ0v) is 10.3. The molecule has 15 heavy (non-hydrogen) atoms. The van der Waals surface area contributed by atoms with Crippen LogP contribution in [0.15, 0.2) is 29.7 Å². The first-order chi connectivity index (χ1) is 6.99. The van der Waals surface area contributed by atoms with Crippen molar-refractivity contribution in [1.82, 2.24) is 9.97 Å². The highest BCUT2D eigenvalue weighted by Gasteiger charge is 2.18. The van der Waals surface area contributed by atoms with Crippen LogP contribution in [0, 0.1) is 0 Å². The minimum Gasteiger partial charge on any atom is -0.240 e. The number of rotatable bonds is 3. The van der Waals surface area contributed by atoms with Crippen molar-refractivity contribution in [3.8, 4) is 0 Å². The molecule has 0 spiro atoms. The maximum Gasteiger partial charge on any atom is 0.134 e. The fourth-order valence-corrected chi connectivity index (χ4v) is 1.61. The Kier molecular flexibility index (Phi) is 3.69. The SMILES string of the molecule is C=CSc1cnc(C(C)(C)C)nc1C=C. The fraction of sp³-hybridized carbons (Fsp3) is 0.333. The van der Waals surface area contributed by atoms with Crippen LogP contribution in [-0.4, -0.2) is 9.97 Å². The Bertz CT molecular complexity index is 378. The van der Waals surface area contributed by atoms with Crippen molar-refractivity contribution >= 4 is 17.8 Å². The van der Waals surface area contributed by atoms with Gasteiger partial charge in [0.05, 0.1) is 10.6 Å². The predicted molar refractivity (Wildman–Crippen MR) is 66.9 cm³/mol. The number of aromatic nitrogens is 2. The van der Waals surface area contributed by atoms with Crippen molar-refractivity contribution in [3.05, 3.63) is 36.3 Å². The Labute approximate surface area is 95.5 Å². The van der Waals surface area contributed by atoms with Crippen LogP contribution < -0.4 is 0 Å². The van der Waals surface area contributed by atoms with E-state index in [1.807, 2.05) is 6.20 Å². The smallest absolute Gasteiger partial charge is 0.134 e. The molecule has 3 heteroatoms. The van der Waals surface area contributed by atoms with E-state index in [9.17, 15) is 0 Å². The quantitative estimate of drug-likeness (QED) is 0.727. The Morgan fingerprint density at radius 1 is 1.33 bits per heavy atom. The van der Waals surface area contributed by atoms with Gasteiger partial charge in [0.25, 0.3) is 0 Å². The second-order valence-electron chi connectivity index (χ2n) is 4.18. The third-order valence-electron chi connectivity index (χ3n) is 1.86. The third-order valence-corrected chi connectivity index (χ3v) is 2.59. The van der Waals surface area contributed by atoms with E-state index >= 15 is 0 Å². The molecule has 0 aliphatic rings. The normalized spacial score (nSPS) is 11.1. The van der Waals surface area contributed by atoms with Gasteiger partial charge in [-0.15, -0.1) is 0 Å². The monoisotopic (exact) mass is 220 g/mol. The first kappa shape index (κ1) is 12.0. The lowest BCUT2D eigenvalue weighted by atomic mass is 9.96. The second kappa shape index (κ2) is 4.62. The van der Waals surface area contributed by atoms with Crippen LogP contribution in [-0.2, 0) is 5.41 Å². The third kappa shape index (κ3) is 2.93. The van der Waals surface area contributed by atoms with Crippen molar-refractivity contribution in [2.45, 2.75) is 31.1 Å². The highest BCUT2D eigenvalue weighted by molar-refractivity contribution is 8.02. The average Bonchev–Trinajstić information content (AvgIpc) is 2.17. The van der Waals surface area contributed by atoms with Gasteiger partial charge in [0.1, 0.15) is 5.82 Å². The van der Waals surface area contributed by atoms with Crippen LogP contribution >= 0.6 is 11.8 Å². The Balaban J connectivity index is 3.18. The molecule has 0 atom stereocenters. The van der Waals surface area contributed by atoms with Crippen LogP contribution in [0.2, 0.25) is 0 Å². The largest absolute Gasteiger partial charge is 0.240 e. The molecule has 1 aromatic rings. The molecule has 1 heterocycles. The minimum absolute atomic E-state index is 0.0326. The van der Waals surface area contributed by atoms with E-state index in [4.69, 9.17) is 0 Å². The lowest BCUT2D eigenvalue weighted by Crippen LogP contribution is -2.16. The summed E-state index contributed by atoms with van der Waals surface area (Å²) in [5, 5.41) is 1.77. The molecule has 0 radical (unpaired) electrons. The maximum absolute atomic E-state index is 4.48. The summed E-state index contributed by atoms with van der Waals surface area (Å²) in [5.41, 5.74) is 0.842. The molecule has 0 unspecified atom stereocenters. The first-order valence-electron chi connectivity index (χ1n) is 4.76. The predicted octanol–water partition coefficient (Wildman–Crippen LogP) is 3.65. The summed E-state index contributed by atoms with van der Waals surface area (Å²) < 4.78 is 0. The van der Waals surface area contributed by atoms with Gasteiger partial charge < -0.3 is 0 Å². The van der Waals surface area contributed by atoms with E-state index in [-0.39, 0.29) is 5.41 Å². The molecule has 0 fully saturated rings. The van der Waals surface area contributed by atoms with Gasteiger partial charge in [0, 0.05) is 11.6 Å². The minimum atomic E-state index is -0.0326. The number of thioether (sulfide) groups is 1. The van der Waals surface area contributed by atoms with E-state index in [0.29, 0.717) is 0 Å². The van der Waals surface area contributed by atoms with Gasteiger partial charge in [-0.3, -0.25) is 0 Å². The van der Waals surface area contributed by atoms with Crippen molar-refractivity contribution in [3.63, 3.8) is 0 Å². The molecular weight excluding hydrogens is 204 g/mol. The van der Waals surface area contributed by atoms with E-state index < -0.39 is 0 Å². The Hall–Kier alpha value is -1.09. The standard InChI is InChI=1S/C12H16N2S/c1-6-9-10(15-7-2)8-13-11(14-9)12(3,4)5/h6-8H,1-2H2,3-5H3. The topological polar surface area (TPSA) is 25.8 Å². The van der Waals surface area contributed by atoms with Gasteiger partial charge >= 0.3 is 0 Å². The first-order valence-corrected chi connectivity index (χ1v) is 5.64. The summed E-state index contributed by atoms with van der Waals surface area (Å²) in [4.78, 5) is 9.83. The summed E-state index contributed by atoms with van der Waals surface area (Å²) in [7, 11) is 0. The number of hydrogen-bond donors (Lipinski definition) is 0. The maximum atomic E-state index is 4.48. The van der Waals surface area contributed by atoms with Crippen molar-refractivity contribution in [1.29, 1.82) is 0 Å². The summed E-state index contributed by atoms with van der Waals surface area (Å²) in [6.45, 7) is 13.7. The molecule has 80 valence electrons. The molecule has 0 aliphatic heterocycles. The van der Waals surface area contributed by atoms with Crippen LogP contribution in [0.3, 0.4) is 0 Å². The molecule has 1 rings (SSSR count). The van der Waals surface area contributed by atoms with Gasteiger partial charge in [0.15, 0.2) is 0 Å². The molecule has 0 bridgehead atoms. The van der Waals surface area contributed by atoms with Gasteiger partial charge in [-0.05, 0) is 11.5 Å². The molecule has 0 amide bonds. The van der Waals surface area contributed by atoms with Gasteiger partial charge in [-0.2, -0.15) is 0 Å². The summed E-state index contributed by atoms with van der Waals surface area (Å²) in [5.74, 6) is 0.839. The Morgan fingerprint density at radius 2 is 2.00 bits per heavy atom. The fourth-order valence-electron chi connectivity index (χ4n) is 1.07. The van der Waals surface area contributed by atoms with E-state index in [2.05, 4.69) is 43.9 Å². The molecular formula is C12H16N2S. The molecule has 0 aliphatic carbocycles. The van der Waals surface area contributed by atoms with Gasteiger partial charge in [0.2, 0.25) is 0 Å². The van der Waals surface area contributed by atoms with E-state index in [1.165, 1.54) is 11.8 Å². The van der Waals surface area contributed by atoms with E-state index in [1.54, 1.807) is 11.5 Å². The van der Waals surface area contributed by atoms with Crippen molar-refractivity contribution in [2.75, 3.05) is 0 Å². The zero-order chi connectivity index (χ0) is 11.5. The van der Waals surface area contributed by atoms with E-state index in [0.717, 1.165) is 16.4 Å². The molecule has 0 saturated carbocycles. The van der Waals surface area contributed by atoms with Crippen LogP contribution in [0.4, 0.5) is 0 Å². The number of hydrogen-bond acceptors (Lipinski definition) is 3. The molecule has 0 aromatic carbocycles. The number of nitrogens with zero attached hydrogens (tertiary/aromatic N) is 2. The average molecular weight is 220 g/mol.